The van der Waals surface area contributed by atoms with Crippen LogP contribution in [-0.4, -0.2) is 23.1 Å². The van der Waals surface area contributed by atoms with Crippen LogP contribution in [0.15, 0.2) is 6.07 Å². The summed E-state index contributed by atoms with van der Waals surface area (Å²) in [7, 11) is 0. The maximum absolute atomic E-state index is 5.92. The molecule has 0 radical (unpaired) electrons. The lowest BCUT2D eigenvalue weighted by Crippen LogP contribution is -2.27. The molecule has 2 N–H and O–H groups in total. The maximum Gasteiger partial charge on any atom is 0.138 e. The van der Waals surface area contributed by atoms with Crippen molar-refractivity contribution in [3.63, 3.8) is 0 Å². The van der Waals surface area contributed by atoms with Crippen molar-refractivity contribution in [3.05, 3.63) is 11.9 Å². The van der Waals surface area contributed by atoms with E-state index in [0.29, 0.717) is 5.82 Å². The summed E-state index contributed by atoms with van der Waals surface area (Å²) >= 11 is 0. The first kappa shape index (κ1) is 13.1. The predicted molar refractivity (Wildman–Crippen MR) is 75.8 cm³/mol. The van der Waals surface area contributed by atoms with E-state index in [-0.39, 0.29) is 5.41 Å². The molecule has 4 heteroatoms. The molecule has 0 aliphatic carbocycles. The van der Waals surface area contributed by atoms with Crippen molar-refractivity contribution in [2.45, 2.75) is 51.9 Å². The zero-order valence-electron chi connectivity index (χ0n) is 11.7. The van der Waals surface area contributed by atoms with Gasteiger partial charge < -0.3 is 10.6 Å². The fourth-order valence-electron chi connectivity index (χ4n) is 2.25. The third kappa shape index (κ3) is 3.12. The Bertz CT molecular complexity index is 401. The summed E-state index contributed by atoms with van der Waals surface area (Å²) in [5.41, 5.74) is 5.86. The van der Waals surface area contributed by atoms with Gasteiger partial charge in [0.15, 0.2) is 0 Å². The van der Waals surface area contributed by atoms with Crippen LogP contribution in [0.25, 0.3) is 0 Å². The first-order valence-corrected chi connectivity index (χ1v) is 6.87. The molecular formula is C14H24N4. The Morgan fingerprint density at radius 2 is 1.67 bits per heavy atom. The molecule has 1 aromatic heterocycles. The van der Waals surface area contributed by atoms with Gasteiger partial charge in [0.1, 0.15) is 17.5 Å². The van der Waals surface area contributed by atoms with Crippen LogP contribution in [0.1, 0.15) is 52.3 Å². The van der Waals surface area contributed by atoms with E-state index in [9.17, 15) is 0 Å². The Kier molecular flexibility index (Phi) is 3.73. The first-order valence-electron chi connectivity index (χ1n) is 6.87. The number of nitrogens with two attached hydrogens (primary N) is 1. The summed E-state index contributed by atoms with van der Waals surface area (Å²) < 4.78 is 0. The summed E-state index contributed by atoms with van der Waals surface area (Å²) in [5, 5.41) is 0. The largest absolute Gasteiger partial charge is 0.384 e. The van der Waals surface area contributed by atoms with E-state index in [1.807, 2.05) is 6.07 Å². The molecule has 1 saturated heterocycles. The number of aromatic nitrogens is 2. The van der Waals surface area contributed by atoms with E-state index in [0.717, 1.165) is 24.7 Å². The molecule has 1 aliphatic heterocycles. The summed E-state index contributed by atoms with van der Waals surface area (Å²) in [6.45, 7) is 8.52. The zero-order chi connectivity index (χ0) is 13.2. The molecule has 0 bridgehead atoms. The highest BCUT2D eigenvalue weighted by Crippen LogP contribution is 2.24. The third-order valence-corrected chi connectivity index (χ3v) is 3.33. The van der Waals surface area contributed by atoms with Gasteiger partial charge >= 0.3 is 0 Å². The van der Waals surface area contributed by atoms with Gasteiger partial charge in [0.25, 0.3) is 0 Å². The highest BCUT2D eigenvalue weighted by molar-refractivity contribution is 5.47. The molecule has 1 aromatic rings. The molecule has 2 rings (SSSR count). The molecule has 2 heterocycles. The number of hydrogen-bond acceptors (Lipinski definition) is 4. The van der Waals surface area contributed by atoms with Gasteiger partial charge in [0.05, 0.1) is 0 Å². The lowest BCUT2D eigenvalue weighted by atomic mass is 9.96. The monoisotopic (exact) mass is 248 g/mol. The van der Waals surface area contributed by atoms with Crippen LogP contribution in [0.4, 0.5) is 11.6 Å². The van der Waals surface area contributed by atoms with E-state index in [2.05, 4.69) is 30.7 Å². The second kappa shape index (κ2) is 5.12. The molecule has 0 unspecified atom stereocenters. The molecule has 100 valence electrons. The van der Waals surface area contributed by atoms with Crippen molar-refractivity contribution in [2.75, 3.05) is 23.7 Å². The number of nitrogen functional groups attached to an aromatic ring is 1. The second-order valence-corrected chi connectivity index (χ2v) is 6.13. The highest BCUT2D eigenvalue weighted by Gasteiger charge is 2.20. The van der Waals surface area contributed by atoms with Gasteiger partial charge in [-0.3, -0.25) is 0 Å². The van der Waals surface area contributed by atoms with Crippen molar-refractivity contribution in [1.29, 1.82) is 0 Å². The summed E-state index contributed by atoms with van der Waals surface area (Å²) in [6, 6.07) is 1.90. The Labute approximate surface area is 110 Å². The summed E-state index contributed by atoms with van der Waals surface area (Å²) in [5.74, 6) is 2.41. The first-order chi connectivity index (χ1) is 8.47. The highest BCUT2D eigenvalue weighted by atomic mass is 15.2. The van der Waals surface area contributed by atoms with Gasteiger partial charge in [0, 0.05) is 24.6 Å². The molecule has 18 heavy (non-hydrogen) atoms. The molecule has 0 aromatic carbocycles. The summed E-state index contributed by atoms with van der Waals surface area (Å²) in [6.07, 6.45) is 5.13. The normalized spacial score (nSPS) is 17.6. The van der Waals surface area contributed by atoms with E-state index >= 15 is 0 Å². The Morgan fingerprint density at radius 1 is 1.06 bits per heavy atom. The Hall–Kier alpha value is -1.32. The SMILES string of the molecule is CC(C)(C)c1nc(N)cc(N2CCCCCC2)n1. The minimum absolute atomic E-state index is 0.0595. The number of hydrogen-bond donors (Lipinski definition) is 1. The number of rotatable bonds is 1. The van der Waals surface area contributed by atoms with Crippen LogP contribution < -0.4 is 10.6 Å². The zero-order valence-corrected chi connectivity index (χ0v) is 11.7. The van der Waals surface area contributed by atoms with Crippen LogP contribution in [0, 0.1) is 0 Å². The molecule has 0 atom stereocenters. The van der Waals surface area contributed by atoms with E-state index in [4.69, 9.17) is 10.7 Å². The minimum Gasteiger partial charge on any atom is -0.384 e. The molecule has 0 amide bonds. The van der Waals surface area contributed by atoms with E-state index in [1.165, 1.54) is 25.7 Å². The fourth-order valence-corrected chi connectivity index (χ4v) is 2.25. The molecule has 4 nitrogen and oxygen atoms in total. The van der Waals surface area contributed by atoms with Crippen LogP contribution in [0.3, 0.4) is 0 Å². The van der Waals surface area contributed by atoms with Gasteiger partial charge in [-0.1, -0.05) is 33.6 Å². The van der Waals surface area contributed by atoms with Gasteiger partial charge in [-0.05, 0) is 12.8 Å². The average molecular weight is 248 g/mol. The van der Waals surface area contributed by atoms with Crippen molar-refractivity contribution in [3.8, 4) is 0 Å². The molecule has 0 spiro atoms. The third-order valence-electron chi connectivity index (χ3n) is 3.33. The van der Waals surface area contributed by atoms with Gasteiger partial charge in [-0.25, -0.2) is 9.97 Å². The number of nitrogens with zero attached hydrogens (tertiary/aromatic N) is 3. The standard InChI is InChI=1S/C14H24N4/c1-14(2,3)13-16-11(15)10-12(17-13)18-8-6-4-5-7-9-18/h10H,4-9H2,1-3H3,(H2,15,16,17). The van der Waals surface area contributed by atoms with Crippen LogP contribution in [0.5, 0.6) is 0 Å². The second-order valence-electron chi connectivity index (χ2n) is 6.13. The molecule has 0 saturated carbocycles. The van der Waals surface area contributed by atoms with Crippen LogP contribution in [0.2, 0.25) is 0 Å². The maximum atomic E-state index is 5.92. The van der Waals surface area contributed by atoms with Gasteiger partial charge in [-0.2, -0.15) is 0 Å². The Morgan fingerprint density at radius 3 is 2.22 bits per heavy atom. The molecule has 1 fully saturated rings. The lowest BCUT2D eigenvalue weighted by molar-refractivity contribution is 0.545. The predicted octanol–water partition coefficient (Wildman–Crippen LogP) is 2.74. The van der Waals surface area contributed by atoms with Crippen molar-refractivity contribution >= 4 is 11.6 Å². The lowest BCUT2D eigenvalue weighted by Gasteiger charge is -2.24. The topological polar surface area (TPSA) is 55.0 Å². The average Bonchev–Trinajstić information content (AvgIpc) is 2.55. The van der Waals surface area contributed by atoms with Gasteiger partial charge in [-0.15, -0.1) is 0 Å². The Balaban J connectivity index is 2.29. The van der Waals surface area contributed by atoms with Crippen molar-refractivity contribution < 1.29 is 0 Å². The number of anilines is 2. The smallest absolute Gasteiger partial charge is 0.138 e. The van der Waals surface area contributed by atoms with E-state index < -0.39 is 0 Å². The fraction of sp³-hybridized carbons (Fsp3) is 0.714. The summed E-state index contributed by atoms with van der Waals surface area (Å²) in [4.78, 5) is 11.4. The van der Waals surface area contributed by atoms with Gasteiger partial charge in [0.2, 0.25) is 0 Å². The van der Waals surface area contributed by atoms with Crippen molar-refractivity contribution in [1.82, 2.24) is 9.97 Å². The molecule has 1 aliphatic rings. The quantitative estimate of drug-likeness (QED) is 0.830. The molecular weight excluding hydrogens is 224 g/mol. The van der Waals surface area contributed by atoms with Crippen LogP contribution in [-0.2, 0) is 5.41 Å². The van der Waals surface area contributed by atoms with Crippen LogP contribution >= 0.6 is 0 Å². The van der Waals surface area contributed by atoms with E-state index in [1.54, 1.807) is 0 Å². The minimum atomic E-state index is -0.0595. The van der Waals surface area contributed by atoms with Crippen molar-refractivity contribution in [2.24, 2.45) is 0 Å².